The van der Waals surface area contributed by atoms with Crippen LogP contribution in [0.3, 0.4) is 0 Å². The van der Waals surface area contributed by atoms with E-state index in [1.54, 1.807) is 5.51 Å². The number of nitrogens with one attached hydrogen (secondary N) is 1. The second-order valence-electron chi connectivity index (χ2n) is 3.07. The molecule has 0 amide bonds. The number of nitrogens with two attached hydrogens (primary N) is 1. The summed E-state index contributed by atoms with van der Waals surface area (Å²) in [6, 6.07) is 0.401. The maximum Gasteiger partial charge on any atom is 0.205 e. The highest BCUT2D eigenvalue weighted by Crippen LogP contribution is 2.33. The van der Waals surface area contributed by atoms with E-state index in [2.05, 4.69) is 15.5 Å². The van der Waals surface area contributed by atoms with Crippen molar-refractivity contribution in [2.75, 3.05) is 11.9 Å². The van der Waals surface area contributed by atoms with Crippen molar-refractivity contribution in [1.82, 2.24) is 10.2 Å². The summed E-state index contributed by atoms with van der Waals surface area (Å²) in [4.78, 5) is 0. The molecular formula is C7H12N4S. The largest absolute Gasteiger partial charge is 0.356 e. The molecule has 0 aromatic carbocycles. The number of hydrogen-bond donors (Lipinski definition) is 2. The van der Waals surface area contributed by atoms with Crippen LogP contribution in [-0.4, -0.2) is 22.8 Å². The Hall–Kier alpha value is -0.680. The first-order valence-corrected chi connectivity index (χ1v) is 5.01. The van der Waals surface area contributed by atoms with Gasteiger partial charge in [-0.25, -0.2) is 0 Å². The van der Waals surface area contributed by atoms with Crippen LogP contribution in [-0.2, 0) is 0 Å². The van der Waals surface area contributed by atoms with Crippen molar-refractivity contribution >= 4 is 16.5 Å². The smallest absolute Gasteiger partial charge is 0.205 e. The van der Waals surface area contributed by atoms with Gasteiger partial charge in [-0.05, 0) is 18.8 Å². The van der Waals surface area contributed by atoms with Gasteiger partial charge < -0.3 is 11.1 Å². The van der Waals surface area contributed by atoms with Crippen molar-refractivity contribution in [2.24, 2.45) is 11.7 Å². The molecule has 66 valence electrons. The van der Waals surface area contributed by atoms with Gasteiger partial charge in [-0.3, -0.25) is 0 Å². The van der Waals surface area contributed by atoms with Gasteiger partial charge in [0, 0.05) is 12.6 Å². The lowest BCUT2D eigenvalue weighted by Crippen LogP contribution is -2.30. The molecule has 0 aliphatic heterocycles. The third kappa shape index (κ3) is 1.73. The van der Waals surface area contributed by atoms with Gasteiger partial charge in [-0.2, -0.15) is 0 Å². The first kappa shape index (κ1) is 7.94. The highest BCUT2D eigenvalue weighted by Gasteiger charge is 2.30. The SMILES string of the molecule is NCC(Nc1nncs1)C1CC1. The number of anilines is 1. The molecule has 0 radical (unpaired) electrons. The molecule has 0 saturated heterocycles. The molecule has 1 aromatic heterocycles. The average molecular weight is 184 g/mol. The molecular weight excluding hydrogens is 172 g/mol. The van der Waals surface area contributed by atoms with Crippen LogP contribution >= 0.6 is 11.3 Å². The fourth-order valence-corrected chi connectivity index (χ4v) is 1.77. The van der Waals surface area contributed by atoms with Crippen molar-refractivity contribution in [3.63, 3.8) is 0 Å². The average Bonchev–Trinajstić information content (AvgIpc) is 2.80. The van der Waals surface area contributed by atoms with E-state index in [9.17, 15) is 0 Å². The zero-order chi connectivity index (χ0) is 8.39. The molecule has 0 spiro atoms. The highest BCUT2D eigenvalue weighted by atomic mass is 32.1. The number of hydrogen-bond acceptors (Lipinski definition) is 5. The van der Waals surface area contributed by atoms with Crippen LogP contribution in [0.2, 0.25) is 0 Å². The van der Waals surface area contributed by atoms with E-state index in [1.807, 2.05) is 0 Å². The van der Waals surface area contributed by atoms with Crippen LogP contribution in [0.25, 0.3) is 0 Å². The predicted molar refractivity (Wildman–Crippen MR) is 49.1 cm³/mol. The van der Waals surface area contributed by atoms with E-state index in [0.29, 0.717) is 12.6 Å². The molecule has 4 nitrogen and oxygen atoms in total. The summed E-state index contributed by atoms with van der Waals surface area (Å²) >= 11 is 1.52. The predicted octanol–water partition coefficient (Wildman–Crippen LogP) is 0.687. The maximum atomic E-state index is 5.62. The topological polar surface area (TPSA) is 63.8 Å². The molecule has 1 heterocycles. The third-order valence-corrected chi connectivity index (χ3v) is 2.74. The van der Waals surface area contributed by atoms with Gasteiger partial charge in [0.2, 0.25) is 5.13 Å². The Balaban J connectivity index is 1.91. The Morgan fingerprint density at radius 1 is 1.75 bits per heavy atom. The first-order valence-electron chi connectivity index (χ1n) is 4.13. The number of aromatic nitrogens is 2. The van der Waals surface area contributed by atoms with Crippen molar-refractivity contribution in [3.05, 3.63) is 5.51 Å². The molecule has 5 heteroatoms. The second kappa shape index (κ2) is 3.37. The lowest BCUT2D eigenvalue weighted by molar-refractivity contribution is 0.643. The standard InChI is InChI=1S/C7H12N4S/c8-3-6(5-1-2-5)10-7-11-9-4-12-7/h4-6H,1-3,8H2,(H,10,11). The Kier molecular flexibility index (Phi) is 2.23. The summed E-state index contributed by atoms with van der Waals surface area (Å²) in [7, 11) is 0. The molecule has 1 fully saturated rings. The number of rotatable bonds is 4. The molecule has 1 aliphatic rings. The van der Waals surface area contributed by atoms with Gasteiger partial charge >= 0.3 is 0 Å². The summed E-state index contributed by atoms with van der Waals surface area (Å²) in [6.07, 6.45) is 2.60. The van der Waals surface area contributed by atoms with E-state index in [-0.39, 0.29) is 0 Å². The molecule has 3 N–H and O–H groups in total. The van der Waals surface area contributed by atoms with E-state index >= 15 is 0 Å². The molecule has 1 unspecified atom stereocenters. The Morgan fingerprint density at radius 2 is 2.58 bits per heavy atom. The molecule has 1 aliphatic carbocycles. The summed E-state index contributed by atoms with van der Waals surface area (Å²) in [5.74, 6) is 0.763. The van der Waals surface area contributed by atoms with E-state index < -0.39 is 0 Å². The van der Waals surface area contributed by atoms with Crippen LogP contribution in [0.15, 0.2) is 5.51 Å². The summed E-state index contributed by atoms with van der Waals surface area (Å²) in [5, 5.41) is 11.8. The monoisotopic (exact) mass is 184 g/mol. The van der Waals surface area contributed by atoms with Gasteiger partial charge in [0.05, 0.1) is 0 Å². The molecule has 1 atom stereocenters. The van der Waals surface area contributed by atoms with Gasteiger partial charge in [0.25, 0.3) is 0 Å². The van der Waals surface area contributed by atoms with Crippen molar-refractivity contribution in [3.8, 4) is 0 Å². The first-order chi connectivity index (χ1) is 5.90. The highest BCUT2D eigenvalue weighted by molar-refractivity contribution is 7.13. The van der Waals surface area contributed by atoms with Crippen molar-refractivity contribution < 1.29 is 0 Å². The van der Waals surface area contributed by atoms with Crippen LogP contribution in [0.4, 0.5) is 5.13 Å². The van der Waals surface area contributed by atoms with E-state index in [4.69, 9.17) is 5.73 Å². The minimum absolute atomic E-state index is 0.401. The molecule has 12 heavy (non-hydrogen) atoms. The van der Waals surface area contributed by atoms with Crippen LogP contribution in [0, 0.1) is 5.92 Å². The minimum atomic E-state index is 0.401. The Labute approximate surface area is 75.2 Å². The summed E-state index contributed by atoms with van der Waals surface area (Å²) < 4.78 is 0. The van der Waals surface area contributed by atoms with Gasteiger partial charge in [-0.1, -0.05) is 11.3 Å². The lowest BCUT2D eigenvalue weighted by atomic mass is 10.2. The van der Waals surface area contributed by atoms with Crippen molar-refractivity contribution in [2.45, 2.75) is 18.9 Å². The lowest BCUT2D eigenvalue weighted by Gasteiger charge is -2.13. The normalized spacial score (nSPS) is 19.1. The summed E-state index contributed by atoms with van der Waals surface area (Å²) in [6.45, 7) is 0.685. The fourth-order valence-electron chi connectivity index (χ4n) is 1.26. The van der Waals surface area contributed by atoms with Gasteiger partial charge in [0.15, 0.2) is 0 Å². The molecule has 2 rings (SSSR count). The van der Waals surface area contributed by atoms with Crippen molar-refractivity contribution in [1.29, 1.82) is 0 Å². The molecule has 0 bridgehead atoms. The Bertz CT molecular complexity index is 232. The third-order valence-electron chi connectivity index (χ3n) is 2.11. The zero-order valence-corrected chi connectivity index (χ0v) is 7.55. The fraction of sp³-hybridized carbons (Fsp3) is 0.714. The van der Waals surface area contributed by atoms with Crippen LogP contribution in [0.5, 0.6) is 0 Å². The van der Waals surface area contributed by atoms with Crippen LogP contribution < -0.4 is 11.1 Å². The van der Waals surface area contributed by atoms with Crippen LogP contribution in [0.1, 0.15) is 12.8 Å². The molecule has 1 saturated carbocycles. The van der Waals surface area contributed by atoms with E-state index in [0.717, 1.165) is 11.0 Å². The Morgan fingerprint density at radius 3 is 3.08 bits per heavy atom. The maximum absolute atomic E-state index is 5.62. The quantitative estimate of drug-likeness (QED) is 0.722. The van der Waals surface area contributed by atoms with E-state index in [1.165, 1.54) is 24.2 Å². The van der Waals surface area contributed by atoms with Gasteiger partial charge in [0.1, 0.15) is 5.51 Å². The minimum Gasteiger partial charge on any atom is -0.356 e. The summed E-state index contributed by atoms with van der Waals surface area (Å²) in [5.41, 5.74) is 7.35. The number of nitrogens with zero attached hydrogens (tertiary/aromatic N) is 2. The second-order valence-corrected chi connectivity index (χ2v) is 3.90. The zero-order valence-electron chi connectivity index (χ0n) is 6.73. The molecule has 1 aromatic rings. The van der Waals surface area contributed by atoms with Gasteiger partial charge in [-0.15, -0.1) is 10.2 Å².